The molecule has 4 rings (SSSR count). The van der Waals surface area contributed by atoms with E-state index in [2.05, 4.69) is 25.6 Å². The molecule has 2 heterocycles. The van der Waals surface area contributed by atoms with E-state index in [-0.39, 0.29) is 10.5 Å². The Balaban J connectivity index is 1.56. The van der Waals surface area contributed by atoms with Crippen molar-refractivity contribution in [3.63, 3.8) is 0 Å². The summed E-state index contributed by atoms with van der Waals surface area (Å²) in [6.07, 6.45) is 2.16. The van der Waals surface area contributed by atoms with Crippen molar-refractivity contribution < 1.29 is 8.42 Å². The van der Waals surface area contributed by atoms with E-state index in [1.807, 2.05) is 31.2 Å². The van der Waals surface area contributed by atoms with Crippen molar-refractivity contribution >= 4 is 38.4 Å². The zero-order valence-electron chi connectivity index (χ0n) is 17.3. The molecule has 0 aliphatic heterocycles. The predicted octanol–water partition coefficient (Wildman–Crippen LogP) is 2.67. The first kappa shape index (κ1) is 21.5. The summed E-state index contributed by atoms with van der Waals surface area (Å²) in [5.74, 6) is 0.780. The van der Waals surface area contributed by atoms with Crippen LogP contribution >= 0.6 is 0 Å². The average Bonchev–Trinajstić information content (AvgIpc) is 2.73. The number of hydrogen-bond acceptors (Lipinski definition) is 7. The molecule has 0 fully saturated rings. The van der Waals surface area contributed by atoms with Crippen LogP contribution in [0, 0.1) is 6.92 Å². The van der Waals surface area contributed by atoms with Crippen molar-refractivity contribution in [2.75, 3.05) is 17.2 Å². The molecule has 0 saturated carbocycles. The molecule has 0 aliphatic rings. The highest BCUT2D eigenvalue weighted by Gasteiger charge is 2.12. The van der Waals surface area contributed by atoms with Crippen LogP contribution in [-0.4, -0.2) is 29.9 Å². The summed E-state index contributed by atoms with van der Waals surface area (Å²) in [7, 11) is -3.71. The summed E-state index contributed by atoms with van der Waals surface area (Å²) in [4.78, 5) is 24.1. The van der Waals surface area contributed by atoms with Gasteiger partial charge in [0.05, 0.1) is 10.4 Å². The maximum Gasteiger partial charge on any atom is 0.261 e. The van der Waals surface area contributed by atoms with Crippen LogP contribution in [0.2, 0.25) is 0 Å². The molecule has 0 amide bonds. The van der Waals surface area contributed by atoms with Gasteiger partial charge in [-0.25, -0.2) is 18.5 Å². The molecule has 32 heavy (non-hydrogen) atoms. The highest BCUT2D eigenvalue weighted by atomic mass is 32.2. The van der Waals surface area contributed by atoms with Crippen LogP contribution in [-0.2, 0) is 16.4 Å². The summed E-state index contributed by atoms with van der Waals surface area (Å²) < 4.78 is 22.7. The molecule has 0 saturated heterocycles. The molecule has 0 unspecified atom stereocenters. The van der Waals surface area contributed by atoms with Gasteiger partial charge in [-0.2, -0.15) is 4.98 Å². The third-order valence-corrected chi connectivity index (χ3v) is 5.78. The standard InChI is InChI=1S/C22H22N6O3S/c1-14-3-2-4-16(13-14)26-20-19-18(10-12-24-21(19)29)27-22(28-20)25-11-9-15-5-7-17(8-6-15)32(23,30)31/h2-8,10,12-13H,9,11H2,1H3,(H,24,29)(H2,23,30,31)(H2,25,26,27,28). The van der Waals surface area contributed by atoms with Gasteiger partial charge in [-0.15, -0.1) is 0 Å². The lowest BCUT2D eigenvalue weighted by molar-refractivity contribution is 0.598. The molecule has 2 aromatic carbocycles. The largest absolute Gasteiger partial charge is 0.354 e. The second kappa shape index (κ2) is 8.77. The van der Waals surface area contributed by atoms with Gasteiger partial charge in [0.25, 0.3) is 5.56 Å². The molecule has 164 valence electrons. The Morgan fingerprint density at radius 3 is 2.56 bits per heavy atom. The molecule has 10 heteroatoms. The van der Waals surface area contributed by atoms with E-state index in [0.717, 1.165) is 16.8 Å². The fourth-order valence-electron chi connectivity index (χ4n) is 3.28. The third-order valence-electron chi connectivity index (χ3n) is 4.85. The van der Waals surface area contributed by atoms with Crippen LogP contribution in [0.4, 0.5) is 17.5 Å². The monoisotopic (exact) mass is 450 g/mol. The Hall–Kier alpha value is -3.76. The number of aryl methyl sites for hydroxylation is 1. The van der Waals surface area contributed by atoms with Crippen molar-refractivity contribution in [1.82, 2.24) is 15.0 Å². The summed E-state index contributed by atoms with van der Waals surface area (Å²) >= 11 is 0. The van der Waals surface area contributed by atoms with Gasteiger partial charge in [-0.1, -0.05) is 24.3 Å². The van der Waals surface area contributed by atoms with E-state index >= 15 is 0 Å². The number of benzene rings is 2. The first-order valence-corrected chi connectivity index (χ1v) is 11.4. The minimum absolute atomic E-state index is 0.0733. The van der Waals surface area contributed by atoms with Crippen LogP contribution in [0.5, 0.6) is 0 Å². The lowest BCUT2D eigenvalue weighted by Gasteiger charge is -2.12. The Morgan fingerprint density at radius 2 is 1.84 bits per heavy atom. The number of anilines is 3. The van der Waals surface area contributed by atoms with E-state index in [0.29, 0.717) is 35.6 Å². The van der Waals surface area contributed by atoms with Gasteiger partial charge in [0.2, 0.25) is 16.0 Å². The van der Waals surface area contributed by atoms with E-state index in [1.165, 1.54) is 12.1 Å². The van der Waals surface area contributed by atoms with Crippen molar-refractivity contribution in [2.24, 2.45) is 5.14 Å². The number of nitrogens with zero attached hydrogens (tertiary/aromatic N) is 2. The number of primary sulfonamides is 1. The molecule has 0 aliphatic carbocycles. The maximum absolute atomic E-state index is 12.4. The first-order valence-electron chi connectivity index (χ1n) is 9.88. The lowest BCUT2D eigenvalue weighted by Crippen LogP contribution is -2.14. The maximum atomic E-state index is 12.4. The number of aromatic amines is 1. The minimum Gasteiger partial charge on any atom is -0.354 e. The SMILES string of the molecule is Cc1cccc(Nc2nc(NCCc3ccc(S(N)(=O)=O)cc3)nc3cc[nH]c(=O)c23)c1. The van der Waals surface area contributed by atoms with Gasteiger partial charge < -0.3 is 15.6 Å². The van der Waals surface area contributed by atoms with Gasteiger partial charge in [-0.3, -0.25) is 4.79 Å². The molecular weight excluding hydrogens is 428 g/mol. The second-order valence-electron chi connectivity index (χ2n) is 7.32. The molecule has 0 radical (unpaired) electrons. The number of H-pyrrole nitrogens is 1. The van der Waals surface area contributed by atoms with Crippen molar-refractivity contribution in [3.05, 3.63) is 82.3 Å². The second-order valence-corrected chi connectivity index (χ2v) is 8.88. The van der Waals surface area contributed by atoms with Crippen LogP contribution in [0.25, 0.3) is 10.9 Å². The van der Waals surface area contributed by atoms with Crippen LogP contribution in [0.15, 0.2) is 70.5 Å². The van der Waals surface area contributed by atoms with Crippen molar-refractivity contribution in [1.29, 1.82) is 0 Å². The number of fused-ring (bicyclic) bond motifs is 1. The van der Waals surface area contributed by atoms with Gasteiger partial charge in [0.1, 0.15) is 11.2 Å². The van der Waals surface area contributed by atoms with Gasteiger partial charge in [0.15, 0.2) is 0 Å². The summed E-state index contributed by atoms with van der Waals surface area (Å²) in [5, 5.41) is 11.9. The van der Waals surface area contributed by atoms with Crippen molar-refractivity contribution in [2.45, 2.75) is 18.2 Å². The quantitative estimate of drug-likeness (QED) is 0.339. The molecule has 0 spiro atoms. The van der Waals surface area contributed by atoms with Gasteiger partial charge in [-0.05, 0) is 54.8 Å². The molecule has 2 aromatic heterocycles. The predicted molar refractivity (Wildman–Crippen MR) is 125 cm³/mol. The molecule has 4 aromatic rings. The highest BCUT2D eigenvalue weighted by Crippen LogP contribution is 2.23. The number of nitrogens with one attached hydrogen (secondary N) is 3. The highest BCUT2D eigenvalue weighted by molar-refractivity contribution is 7.89. The smallest absolute Gasteiger partial charge is 0.261 e. The van der Waals surface area contributed by atoms with E-state index in [1.54, 1.807) is 24.4 Å². The molecule has 9 nitrogen and oxygen atoms in total. The van der Waals surface area contributed by atoms with Crippen molar-refractivity contribution in [3.8, 4) is 0 Å². The fourth-order valence-corrected chi connectivity index (χ4v) is 3.80. The summed E-state index contributed by atoms with van der Waals surface area (Å²) in [5.41, 5.74) is 3.06. The Bertz CT molecular complexity index is 1430. The van der Waals surface area contributed by atoms with E-state index in [9.17, 15) is 13.2 Å². The fraction of sp³-hybridized carbons (Fsp3) is 0.136. The normalized spacial score (nSPS) is 11.4. The molecule has 0 bridgehead atoms. The minimum atomic E-state index is -3.71. The third kappa shape index (κ3) is 4.93. The lowest BCUT2D eigenvalue weighted by atomic mass is 10.1. The van der Waals surface area contributed by atoms with Crippen LogP contribution in [0.1, 0.15) is 11.1 Å². The summed E-state index contributed by atoms with van der Waals surface area (Å²) in [6.45, 7) is 2.49. The first-order chi connectivity index (χ1) is 15.3. The zero-order chi connectivity index (χ0) is 22.7. The Morgan fingerprint density at radius 1 is 1.06 bits per heavy atom. The van der Waals surface area contributed by atoms with E-state index < -0.39 is 10.0 Å². The zero-order valence-corrected chi connectivity index (χ0v) is 18.1. The van der Waals surface area contributed by atoms with Gasteiger partial charge >= 0.3 is 0 Å². The number of aromatic nitrogens is 3. The number of hydrogen-bond donors (Lipinski definition) is 4. The van der Waals surface area contributed by atoms with Gasteiger partial charge in [0, 0.05) is 18.4 Å². The Kier molecular flexibility index (Phi) is 5.89. The van der Waals surface area contributed by atoms with E-state index in [4.69, 9.17) is 5.14 Å². The number of rotatable bonds is 7. The average molecular weight is 451 g/mol. The molecule has 5 N–H and O–H groups in total. The topological polar surface area (TPSA) is 143 Å². The van der Waals surface area contributed by atoms with Crippen LogP contribution < -0.4 is 21.3 Å². The number of sulfonamides is 1. The Labute approximate surface area is 184 Å². The molecule has 0 atom stereocenters. The number of nitrogens with two attached hydrogens (primary N) is 1. The summed E-state index contributed by atoms with van der Waals surface area (Å²) in [6, 6.07) is 15.9. The number of pyridine rings is 1. The molecular formula is C22H22N6O3S. The van der Waals surface area contributed by atoms with Crippen LogP contribution in [0.3, 0.4) is 0 Å².